The van der Waals surface area contributed by atoms with E-state index < -0.39 is 0 Å². The molecule has 0 fully saturated rings. The van der Waals surface area contributed by atoms with Gasteiger partial charge in [-0.15, -0.1) is 0 Å². The molecule has 2 rings (SSSR count). The largest absolute Gasteiger partial charge is 0.493 e. The standard InChI is InChI=1S/C14H20O3/c1-16-8-7-12(15)10-11-6-9-17-14-5-3-2-4-13(11)14/h2-5,11-12,15H,6-10H2,1H3. The zero-order valence-electron chi connectivity index (χ0n) is 10.3. The summed E-state index contributed by atoms with van der Waals surface area (Å²) in [4.78, 5) is 0. The van der Waals surface area contributed by atoms with Gasteiger partial charge in [0.05, 0.1) is 12.7 Å². The maximum Gasteiger partial charge on any atom is 0.122 e. The number of aliphatic hydroxyl groups excluding tert-OH is 1. The Balaban J connectivity index is 1.98. The molecule has 1 aromatic rings. The molecule has 94 valence electrons. The Morgan fingerprint density at radius 1 is 1.47 bits per heavy atom. The first-order chi connectivity index (χ1) is 8.31. The van der Waals surface area contributed by atoms with Crippen LogP contribution in [0.1, 0.15) is 30.7 Å². The number of rotatable bonds is 5. The third-order valence-corrected chi connectivity index (χ3v) is 3.29. The molecule has 0 saturated carbocycles. The SMILES string of the molecule is COCCC(O)CC1CCOc2ccccc21. The molecule has 1 aliphatic heterocycles. The van der Waals surface area contributed by atoms with E-state index in [-0.39, 0.29) is 6.10 Å². The smallest absolute Gasteiger partial charge is 0.122 e. The summed E-state index contributed by atoms with van der Waals surface area (Å²) in [5.41, 5.74) is 1.23. The summed E-state index contributed by atoms with van der Waals surface area (Å²) in [6.07, 6.45) is 2.20. The van der Waals surface area contributed by atoms with Crippen LogP contribution in [0.2, 0.25) is 0 Å². The molecule has 0 aromatic heterocycles. The lowest BCUT2D eigenvalue weighted by molar-refractivity contribution is 0.0939. The third-order valence-electron chi connectivity index (χ3n) is 3.29. The van der Waals surface area contributed by atoms with Crippen LogP contribution >= 0.6 is 0 Å². The van der Waals surface area contributed by atoms with Crippen LogP contribution in [0.5, 0.6) is 5.75 Å². The van der Waals surface area contributed by atoms with E-state index in [1.54, 1.807) is 7.11 Å². The summed E-state index contributed by atoms with van der Waals surface area (Å²) in [6, 6.07) is 8.12. The molecular weight excluding hydrogens is 216 g/mol. The molecule has 17 heavy (non-hydrogen) atoms. The molecule has 1 aliphatic rings. The average molecular weight is 236 g/mol. The molecule has 1 aromatic carbocycles. The van der Waals surface area contributed by atoms with Crippen LogP contribution in [0.25, 0.3) is 0 Å². The van der Waals surface area contributed by atoms with Crippen molar-refractivity contribution < 1.29 is 14.6 Å². The van der Waals surface area contributed by atoms with Gasteiger partial charge in [0.25, 0.3) is 0 Å². The van der Waals surface area contributed by atoms with E-state index in [1.807, 2.05) is 18.2 Å². The lowest BCUT2D eigenvalue weighted by Gasteiger charge is -2.27. The number of aliphatic hydroxyl groups is 1. The van der Waals surface area contributed by atoms with Gasteiger partial charge in [-0.1, -0.05) is 18.2 Å². The minimum absolute atomic E-state index is 0.286. The first-order valence-corrected chi connectivity index (χ1v) is 6.20. The van der Waals surface area contributed by atoms with Gasteiger partial charge in [0.15, 0.2) is 0 Å². The van der Waals surface area contributed by atoms with Gasteiger partial charge in [0, 0.05) is 13.7 Å². The van der Waals surface area contributed by atoms with Crippen LogP contribution in [0.3, 0.4) is 0 Å². The van der Waals surface area contributed by atoms with E-state index in [4.69, 9.17) is 9.47 Å². The van der Waals surface area contributed by atoms with Gasteiger partial charge in [-0.2, -0.15) is 0 Å². The Kier molecular flexibility index (Phi) is 4.40. The molecule has 2 unspecified atom stereocenters. The number of hydrogen-bond donors (Lipinski definition) is 1. The predicted octanol–water partition coefficient (Wildman–Crippen LogP) is 2.34. The van der Waals surface area contributed by atoms with Gasteiger partial charge in [0.1, 0.15) is 5.75 Å². The summed E-state index contributed by atoms with van der Waals surface area (Å²) in [5, 5.41) is 9.94. The fourth-order valence-electron chi connectivity index (χ4n) is 2.36. The number of hydrogen-bond acceptors (Lipinski definition) is 3. The Bertz CT molecular complexity index is 351. The van der Waals surface area contributed by atoms with Crippen molar-refractivity contribution in [2.45, 2.75) is 31.3 Å². The number of benzene rings is 1. The lowest BCUT2D eigenvalue weighted by atomic mass is 9.88. The highest BCUT2D eigenvalue weighted by Crippen LogP contribution is 2.36. The van der Waals surface area contributed by atoms with Crippen molar-refractivity contribution in [2.75, 3.05) is 20.3 Å². The van der Waals surface area contributed by atoms with Gasteiger partial charge in [-0.25, -0.2) is 0 Å². The van der Waals surface area contributed by atoms with Crippen molar-refractivity contribution in [3.63, 3.8) is 0 Å². The van der Waals surface area contributed by atoms with Crippen molar-refractivity contribution in [2.24, 2.45) is 0 Å². The fraction of sp³-hybridized carbons (Fsp3) is 0.571. The van der Waals surface area contributed by atoms with Gasteiger partial charge < -0.3 is 14.6 Å². The van der Waals surface area contributed by atoms with E-state index in [9.17, 15) is 5.11 Å². The summed E-state index contributed by atoms with van der Waals surface area (Å²) in [6.45, 7) is 1.37. The second-order valence-electron chi connectivity index (χ2n) is 4.54. The van der Waals surface area contributed by atoms with Gasteiger partial charge >= 0.3 is 0 Å². The minimum atomic E-state index is -0.286. The zero-order chi connectivity index (χ0) is 12.1. The van der Waals surface area contributed by atoms with Crippen LogP contribution < -0.4 is 4.74 Å². The van der Waals surface area contributed by atoms with Crippen LogP contribution in [0.4, 0.5) is 0 Å². The molecule has 0 bridgehead atoms. The minimum Gasteiger partial charge on any atom is -0.493 e. The summed E-state index contributed by atoms with van der Waals surface area (Å²) in [7, 11) is 1.66. The molecule has 3 heteroatoms. The molecule has 2 atom stereocenters. The first kappa shape index (κ1) is 12.4. The van der Waals surface area contributed by atoms with Crippen LogP contribution in [-0.4, -0.2) is 31.5 Å². The van der Waals surface area contributed by atoms with Crippen LogP contribution in [0.15, 0.2) is 24.3 Å². The van der Waals surface area contributed by atoms with Gasteiger partial charge in [0.2, 0.25) is 0 Å². The van der Waals surface area contributed by atoms with Crippen molar-refractivity contribution in [3.8, 4) is 5.75 Å². The first-order valence-electron chi connectivity index (χ1n) is 6.20. The lowest BCUT2D eigenvalue weighted by Crippen LogP contribution is -2.20. The van der Waals surface area contributed by atoms with Crippen LogP contribution in [0, 0.1) is 0 Å². The van der Waals surface area contributed by atoms with Crippen molar-refractivity contribution in [3.05, 3.63) is 29.8 Å². The second kappa shape index (κ2) is 6.03. The summed E-state index contributed by atoms with van der Waals surface area (Å²) >= 11 is 0. The topological polar surface area (TPSA) is 38.7 Å². The highest BCUT2D eigenvalue weighted by atomic mass is 16.5. The Morgan fingerprint density at radius 2 is 2.29 bits per heavy atom. The summed E-state index contributed by atoms with van der Waals surface area (Å²) < 4.78 is 10.6. The average Bonchev–Trinajstić information content (AvgIpc) is 2.37. The maximum absolute atomic E-state index is 9.94. The van der Waals surface area contributed by atoms with Crippen molar-refractivity contribution in [1.29, 1.82) is 0 Å². The number of para-hydroxylation sites is 1. The quantitative estimate of drug-likeness (QED) is 0.852. The second-order valence-corrected chi connectivity index (χ2v) is 4.54. The van der Waals surface area contributed by atoms with E-state index in [2.05, 4.69) is 6.07 Å². The molecule has 0 amide bonds. The number of fused-ring (bicyclic) bond motifs is 1. The molecule has 3 nitrogen and oxygen atoms in total. The van der Waals surface area contributed by atoms with E-state index in [0.717, 1.165) is 25.2 Å². The van der Waals surface area contributed by atoms with Crippen molar-refractivity contribution >= 4 is 0 Å². The maximum atomic E-state index is 9.94. The highest BCUT2D eigenvalue weighted by molar-refractivity contribution is 5.37. The molecule has 0 radical (unpaired) electrons. The predicted molar refractivity (Wildman–Crippen MR) is 66.4 cm³/mol. The number of ether oxygens (including phenoxy) is 2. The van der Waals surface area contributed by atoms with Crippen molar-refractivity contribution in [1.82, 2.24) is 0 Å². The molecular formula is C14H20O3. The Hall–Kier alpha value is -1.06. The zero-order valence-corrected chi connectivity index (χ0v) is 10.3. The van der Waals surface area contributed by atoms with Gasteiger partial charge in [-0.3, -0.25) is 0 Å². The Morgan fingerprint density at radius 3 is 3.12 bits per heavy atom. The van der Waals surface area contributed by atoms with Crippen LogP contribution in [-0.2, 0) is 4.74 Å². The molecule has 0 saturated heterocycles. The molecule has 0 aliphatic carbocycles. The van der Waals surface area contributed by atoms with E-state index >= 15 is 0 Å². The number of methoxy groups -OCH3 is 1. The Labute approximate surface area is 102 Å². The molecule has 1 N–H and O–H groups in total. The molecule has 1 heterocycles. The summed E-state index contributed by atoms with van der Waals surface area (Å²) in [5.74, 6) is 1.38. The van der Waals surface area contributed by atoms with E-state index in [1.165, 1.54) is 5.56 Å². The molecule has 0 spiro atoms. The van der Waals surface area contributed by atoms with E-state index in [0.29, 0.717) is 18.9 Å². The normalized spacial score (nSPS) is 20.5. The monoisotopic (exact) mass is 236 g/mol. The third kappa shape index (κ3) is 3.20. The van der Waals surface area contributed by atoms with Gasteiger partial charge in [-0.05, 0) is 36.8 Å². The fourth-order valence-corrected chi connectivity index (χ4v) is 2.36. The highest BCUT2D eigenvalue weighted by Gasteiger charge is 2.23.